The van der Waals surface area contributed by atoms with Crippen LogP contribution in [0.2, 0.25) is 0 Å². The largest absolute Gasteiger partial charge is 0.349 e. The molecule has 12 atom stereocenters. The third-order valence-corrected chi connectivity index (χ3v) is 12.9. The van der Waals surface area contributed by atoms with Gasteiger partial charge in [-0.1, -0.05) is 59.6 Å². The minimum atomic E-state index is -0.327. The molecule has 1 spiro atoms. The summed E-state index contributed by atoms with van der Waals surface area (Å²) < 4.78 is 13.4. The number of carbonyl (C=O) groups excluding carboxylic acids is 1. The number of alkyl halides is 2. The van der Waals surface area contributed by atoms with Crippen LogP contribution in [0.3, 0.4) is 0 Å². The Bertz CT molecular complexity index is 848. The predicted octanol–water partition coefficient (Wildman–Crippen LogP) is 6.67. The standard InChI is InChI=1S/C27H38Br2O3/c1-14-5-8-27(31-13-14)15(2)24-23(32-27)11-18-16-9-20(28)19-10-22(30)21(29)12-26(19,4)17(16)6-7-25(18,24)3/h10,14-18,20-21,23-24H,5-9,11-13H2,1-4H3/t14?,15-,16+,17-,18-,20?,21?,23-,24-,25-,26+,27+/m0/s1. The molecular formula is C27H38Br2O3. The van der Waals surface area contributed by atoms with Gasteiger partial charge in [-0.3, -0.25) is 4.79 Å². The van der Waals surface area contributed by atoms with Crippen LogP contribution in [0.15, 0.2) is 11.6 Å². The first-order chi connectivity index (χ1) is 15.1. The van der Waals surface area contributed by atoms with Gasteiger partial charge in [0.1, 0.15) is 0 Å². The van der Waals surface area contributed by atoms with Crippen LogP contribution >= 0.6 is 31.9 Å². The van der Waals surface area contributed by atoms with Crippen LogP contribution in [0.1, 0.15) is 72.6 Å². The second-order valence-electron chi connectivity index (χ2n) is 12.7. The van der Waals surface area contributed by atoms with Crippen molar-refractivity contribution in [2.45, 2.75) is 94.2 Å². The Balaban J connectivity index is 1.31. The zero-order valence-corrected chi connectivity index (χ0v) is 23.1. The van der Waals surface area contributed by atoms with E-state index >= 15 is 0 Å². The number of carbonyl (C=O) groups is 1. The fourth-order valence-corrected chi connectivity index (χ4v) is 11.5. The van der Waals surface area contributed by atoms with Gasteiger partial charge < -0.3 is 9.47 Å². The summed E-state index contributed by atoms with van der Waals surface area (Å²) in [5.41, 5.74) is 1.83. The van der Waals surface area contributed by atoms with Gasteiger partial charge >= 0.3 is 0 Å². The Kier molecular flexibility index (Phi) is 5.26. The summed E-state index contributed by atoms with van der Waals surface area (Å²) in [6.45, 7) is 10.6. The molecule has 6 rings (SSSR count). The average molecular weight is 570 g/mol. The second kappa shape index (κ2) is 7.40. The first kappa shape index (κ1) is 22.7. The molecule has 4 aliphatic carbocycles. The predicted molar refractivity (Wildman–Crippen MR) is 133 cm³/mol. The van der Waals surface area contributed by atoms with Crippen LogP contribution in [-0.4, -0.2) is 33.9 Å². The van der Waals surface area contributed by atoms with E-state index in [-0.39, 0.29) is 21.8 Å². The maximum atomic E-state index is 12.5. The SMILES string of the molecule is CC1CC[C@@]2(OC1)O[C@H]1C[C@H]3[C@@H]4CC(Br)C5=CC(=O)C(Br)C[C@]5(C)[C@H]4CC[C@]3(C)[C@H]1[C@@H]2C. The average Bonchev–Trinajstić information content (AvgIpc) is 3.18. The highest BCUT2D eigenvalue weighted by molar-refractivity contribution is 9.10. The Morgan fingerprint density at radius 3 is 2.53 bits per heavy atom. The fraction of sp³-hybridized carbons (Fsp3) is 0.889. The molecule has 2 heterocycles. The van der Waals surface area contributed by atoms with E-state index in [1.54, 1.807) is 0 Å². The summed E-state index contributed by atoms with van der Waals surface area (Å²) in [4.78, 5) is 12.8. The van der Waals surface area contributed by atoms with Gasteiger partial charge in [0.2, 0.25) is 0 Å². The molecule has 3 unspecified atom stereocenters. The lowest BCUT2D eigenvalue weighted by Crippen LogP contribution is -2.55. The minimum absolute atomic E-state index is 0.0278. The molecule has 3 nitrogen and oxygen atoms in total. The van der Waals surface area contributed by atoms with Gasteiger partial charge in [-0.05, 0) is 90.6 Å². The minimum Gasteiger partial charge on any atom is -0.349 e. The van der Waals surface area contributed by atoms with Crippen molar-refractivity contribution in [2.75, 3.05) is 6.61 Å². The Labute approximate surface area is 210 Å². The molecule has 5 fully saturated rings. The molecule has 3 saturated carbocycles. The Hall–Kier alpha value is 0.290. The van der Waals surface area contributed by atoms with Crippen LogP contribution in [0.5, 0.6) is 0 Å². The van der Waals surface area contributed by atoms with Crippen molar-refractivity contribution >= 4 is 37.6 Å². The maximum Gasteiger partial charge on any atom is 0.171 e. The van der Waals surface area contributed by atoms with E-state index in [4.69, 9.17) is 9.47 Å². The molecule has 2 aliphatic heterocycles. The second-order valence-corrected chi connectivity index (χ2v) is 14.9. The number of ketones is 1. The van der Waals surface area contributed by atoms with Gasteiger partial charge in [-0.2, -0.15) is 0 Å². The van der Waals surface area contributed by atoms with Gasteiger partial charge in [0.05, 0.1) is 17.5 Å². The topological polar surface area (TPSA) is 35.5 Å². The summed E-state index contributed by atoms with van der Waals surface area (Å²) in [7, 11) is 0. The van der Waals surface area contributed by atoms with Crippen molar-refractivity contribution in [3.63, 3.8) is 0 Å². The van der Waals surface area contributed by atoms with Crippen molar-refractivity contribution in [2.24, 2.45) is 46.3 Å². The molecule has 178 valence electrons. The highest BCUT2D eigenvalue weighted by atomic mass is 79.9. The van der Waals surface area contributed by atoms with E-state index in [0.29, 0.717) is 51.9 Å². The van der Waals surface area contributed by atoms with Crippen LogP contribution < -0.4 is 0 Å². The van der Waals surface area contributed by atoms with E-state index in [1.807, 2.05) is 6.08 Å². The first-order valence-corrected chi connectivity index (χ1v) is 14.8. The Morgan fingerprint density at radius 1 is 1.03 bits per heavy atom. The lowest BCUT2D eigenvalue weighted by atomic mass is 9.46. The number of hydrogen-bond donors (Lipinski definition) is 0. The lowest BCUT2D eigenvalue weighted by Gasteiger charge is -2.60. The molecule has 0 amide bonds. The summed E-state index contributed by atoms with van der Waals surface area (Å²) in [5.74, 6) is 3.75. The Morgan fingerprint density at radius 2 is 1.81 bits per heavy atom. The van der Waals surface area contributed by atoms with E-state index in [2.05, 4.69) is 59.6 Å². The van der Waals surface area contributed by atoms with E-state index in [0.717, 1.165) is 19.4 Å². The zero-order valence-electron chi connectivity index (χ0n) is 19.9. The molecular weight excluding hydrogens is 532 g/mol. The van der Waals surface area contributed by atoms with Crippen molar-refractivity contribution in [1.29, 1.82) is 0 Å². The van der Waals surface area contributed by atoms with E-state index in [1.165, 1.54) is 37.7 Å². The highest BCUT2D eigenvalue weighted by Gasteiger charge is 2.69. The number of hydrogen-bond acceptors (Lipinski definition) is 3. The molecule has 0 aromatic heterocycles. The van der Waals surface area contributed by atoms with Crippen LogP contribution in [0, 0.1) is 46.3 Å². The van der Waals surface area contributed by atoms with E-state index in [9.17, 15) is 4.79 Å². The molecule has 0 bridgehead atoms. The summed E-state index contributed by atoms with van der Waals surface area (Å²) in [6.07, 6.45) is 10.5. The van der Waals surface area contributed by atoms with Gasteiger partial charge in [0, 0.05) is 17.2 Å². The third-order valence-electron chi connectivity index (χ3n) is 11.2. The van der Waals surface area contributed by atoms with Crippen molar-refractivity contribution in [3.8, 4) is 0 Å². The summed E-state index contributed by atoms with van der Waals surface area (Å²) in [5, 5.41) is 0. The normalized spacial score (nSPS) is 59.2. The number of halogens is 2. The third kappa shape index (κ3) is 2.92. The van der Waals surface area contributed by atoms with Crippen molar-refractivity contribution < 1.29 is 14.3 Å². The van der Waals surface area contributed by atoms with Gasteiger partial charge in [0.15, 0.2) is 11.6 Å². The highest BCUT2D eigenvalue weighted by Crippen LogP contribution is 2.71. The van der Waals surface area contributed by atoms with E-state index < -0.39 is 0 Å². The van der Waals surface area contributed by atoms with Crippen LogP contribution in [0.25, 0.3) is 0 Å². The molecule has 32 heavy (non-hydrogen) atoms. The number of fused-ring (bicyclic) bond motifs is 7. The molecule has 0 N–H and O–H groups in total. The fourth-order valence-electron chi connectivity index (χ4n) is 9.60. The monoisotopic (exact) mass is 568 g/mol. The van der Waals surface area contributed by atoms with Crippen LogP contribution in [0.4, 0.5) is 0 Å². The molecule has 0 aromatic carbocycles. The van der Waals surface area contributed by atoms with Crippen molar-refractivity contribution in [3.05, 3.63) is 11.6 Å². The molecule has 5 heteroatoms. The summed E-state index contributed by atoms with van der Waals surface area (Å²) >= 11 is 7.74. The van der Waals surface area contributed by atoms with Crippen LogP contribution in [-0.2, 0) is 14.3 Å². The molecule has 2 saturated heterocycles. The lowest BCUT2D eigenvalue weighted by molar-refractivity contribution is -0.272. The maximum absolute atomic E-state index is 12.5. The molecule has 0 aromatic rings. The number of allylic oxidation sites excluding steroid dienone is 1. The number of ether oxygens (including phenoxy) is 2. The smallest absolute Gasteiger partial charge is 0.171 e. The van der Waals surface area contributed by atoms with Gasteiger partial charge in [-0.15, -0.1) is 0 Å². The quantitative estimate of drug-likeness (QED) is 0.306. The van der Waals surface area contributed by atoms with Gasteiger partial charge in [0.25, 0.3) is 0 Å². The molecule has 0 radical (unpaired) electrons. The molecule has 6 aliphatic rings. The van der Waals surface area contributed by atoms with Gasteiger partial charge in [-0.25, -0.2) is 0 Å². The zero-order chi connectivity index (χ0) is 22.6. The summed E-state index contributed by atoms with van der Waals surface area (Å²) in [6, 6.07) is 0. The number of rotatable bonds is 0. The van der Waals surface area contributed by atoms with Crippen molar-refractivity contribution in [1.82, 2.24) is 0 Å². The first-order valence-electron chi connectivity index (χ1n) is 12.9.